The van der Waals surface area contributed by atoms with Crippen molar-refractivity contribution in [3.63, 3.8) is 0 Å². The fourth-order valence-corrected chi connectivity index (χ4v) is 2.46. The Morgan fingerprint density at radius 1 is 1.40 bits per heavy atom. The Morgan fingerprint density at radius 3 is 2.70 bits per heavy atom. The molecule has 1 unspecified atom stereocenters. The van der Waals surface area contributed by atoms with Gasteiger partial charge in [0.15, 0.2) is 0 Å². The predicted molar refractivity (Wildman–Crippen MR) is 72.0 cm³/mol. The highest BCUT2D eigenvalue weighted by molar-refractivity contribution is 9.10. The van der Waals surface area contributed by atoms with Crippen LogP contribution in [0.5, 0.6) is 5.75 Å². The molecule has 0 aromatic heterocycles. The summed E-state index contributed by atoms with van der Waals surface area (Å²) in [4.78, 5) is 24.4. The van der Waals surface area contributed by atoms with Crippen LogP contribution in [-0.2, 0) is 4.79 Å². The number of hydrogen-bond acceptors (Lipinski definition) is 3. The fourth-order valence-electron chi connectivity index (χ4n) is 2.04. The maximum Gasteiger partial charge on any atom is 0.330 e. The number of nitrogens with zero attached hydrogens (tertiary/aromatic N) is 1. The molecule has 2 rings (SSSR count). The van der Waals surface area contributed by atoms with E-state index >= 15 is 0 Å². The second-order valence-corrected chi connectivity index (χ2v) is 5.20. The normalized spacial score (nSPS) is 18.1. The number of aromatic hydroxyl groups is 1. The lowest BCUT2D eigenvalue weighted by molar-refractivity contribution is -0.140. The highest BCUT2D eigenvalue weighted by Gasteiger charge is 2.32. The first-order valence-electron chi connectivity index (χ1n) is 5.80. The van der Waals surface area contributed by atoms with Crippen molar-refractivity contribution in [3.05, 3.63) is 40.1 Å². The Labute approximate surface area is 122 Å². The summed E-state index contributed by atoms with van der Waals surface area (Å²) in [5, 5.41) is 18.8. The summed E-state index contributed by atoms with van der Waals surface area (Å²) >= 11 is 3.00. The first-order valence-corrected chi connectivity index (χ1v) is 6.59. The Balaban J connectivity index is 2.41. The highest BCUT2D eigenvalue weighted by atomic mass is 79.9. The molecule has 1 amide bonds. The number of benzene rings is 1. The van der Waals surface area contributed by atoms with Crippen molar-refractivity contribution in [2.45, 2.75) is 12.5 Å². The van der Waals surface area contributed by atoms with Crippen molar-refractivity contribution in [1.82, 2.24) is 4.90 Å². The number of carboxylic acids is 1. The molecule has 1 aliphatic rings. The van der Waals surface area contributed by atoms with Gasteiger partial charge in [0.05, 0.1) is 0 Å². The van der Waals surface area contributed by atoms with Gasteiger partial charge in [0, 0.05) is 11.0 Å². The summed E-state index contributed by atoms with van der Waals surface area (Å²) in [5.41, 5.74) is -0.519. The molecule has 0 spiro atoms. The summed E-state index contributed by atoms with van der Waals surface area (Å²) in [7, 11) is 0. The number of rotatable bonds is 2. The van der Waals surface area contributed by atoms with Crippen LogP contribution in [-0.4, -0.2) is 39.6 Å². The Kier molecular flexibility index (Phi) is 4.08. The van der Waals surface area contributed by atoms with E-state index in [1.54, 1.807) is 6.08 Å². The van der Waals surface area contributed by atoms with Crippen LogP contribution in [0.3, 0.4) is 0 Å². The minimum Gasteiger partial charge on any atom is -0.507 e. The predicted octanol–water partition coefficient (Wildman–Crippen LogP) is 2.15. The monoisotopic (exact) mass is 343 g/mol. The van der Waals surface area contributed by atoms with Crippen molar-refractivity contribution in [3.8, 4) is 5.75 Å². The molecule has 5 nitrogen and oxygen atoms in total. The molecule has 1 aromatic rings. The first-order chi connectivity index (χ1) is 9.41. The van der Waals surface area contributed by atoms with Gasteiger partial charge < -0.3 is 15.1 Å². The number of amides is 1. The van der Waals surface area contributed by atoms with Crippen LogP contribution >= 0.6 is 15.9 Å². The minimum atomic E-state index is -1.20. The number of phenolic OH excluding ortho intramolecular Hbond substituents is 1. The number of hydrogen-bond donors (Lipinski definition) is 2. The molecule has 7 heteroatoms. The molecule has 0 aliphatic carbocycles. The van der Waals surface area contributed by atoms with Gasteiger partial charge in [0.1, 0.15) is 23.2 Å². The third-order valence-electron chi connectivity index (χ3n) is 2.95. The molecule has 106 valence electrons. The molecule has 20 heavy (non-hydrogen) atoms. The summed E-state index contributed by atoms with van der Waals surface area (Å²) in [6.45, 7) is 0.154. The average Bonchev–Trinajstić information content (AvgIpc) is 2.37. The number of carbonyl (C=O) groups excluding carboxylic acids is 1. The maximum atomic E-state index is 13.8. The van der Waals surface area contributed by atoms with E-state index < -0.39 is 35.0 Å². The largest absolute Gasteiger partial charge is 0.507 e. The van der Waals surface area contributed by atoms with Gasteiger partial charge in [-0.2, -0.15) is 0 Å². The van der Waals surface area contributed by atoms with E-state index in [1.165, 1.54) is 12.1 Å². The first kappa shape index (κ1) is 14.5. The van der Waals surface area contributed by atoms with Crippen molar-refractivity contribution < 1.29 is 24.2 Å². The van der Waals surface area contributed by atoms with Crippen LogP contribution in [0.4, 0.5) is 4.39 Å². The smallest absolute Gasteiger partial charge is 0.330 e. The van der Waals surface area contributed by atoms with Crippen LogP contribution in [0.2, 0.25) is 0 Å². The van der Waals surface area contributed by atoms with Crippen LogP contribution in [0.15, 0.2) is 28.8 Å². The molecule has 1 aliphatic heterocycles. The molecule has 1 heterocycles. The van der Waals surface area contributed by atoms with E-state index in [4.69, 9.17) is 5.11 Å². The summed E-state index contributed by atoms with van der Waals surface area (Å²) in [6, 6.07) is 1.08. The van der Waals surface area contributed by atoms with E-state index in [0.717, 1.165) is 11.0 Å². The van der Waals surface area contributed by atoms with Crippen LogP contribution in [0, 0.1) is 5.82 Å². The fraction of sp³-hybridized carbons (Fsp3) is 0.231. The molecular formula is C13H11BrFNO4. The Hall–Kier alpha value is -1.89. The van der Waals surface area contributed by atoms with Crippen LogP contribution in [0.1, 0.15) is 16.8 Å². The van der Waals surface area contributed by atoms with Gasteiger partial charge in [0.2, 0.25) is 0 Å². The molecule has 2 N–H and O–H groups in total. The quantitative estimate of drug-likeness (QED) is 0.806. The van der Waals surface area contributed by atoms with Crippen molar-refractivity contribution in [2.24, 2.45) is 0 Å². The lowest BCUT2D eigenvalue weighted by Crippen LogP contribution is -2.46. The van der Waals surface area contributed by atoms with Gasteiger partial charge in [-0.1, -0.05) is 28.1 Å². The molecule has 1 aromatic carbocycles. The highest BCUT2D eigenvalue weighted by Crippen LogP contribution is 2.28. The number of carboxylic acid groups (broad SMARTS) is 1. The van der Waals surface area contributed by atoms with Crippen LogP contribution < -0.4 is 0 Å². The molecule has 0 saturated heterocycles. The van der Waals surface area contributed by atoms with E-state index in [9.17, 15) is 19.1 Å². The van der Waals surface area contributed by atoms with Crippen LogP contribution in [0.25, 0.3) is 0 Å². The average molecular weight is 344 g/mol. The molecule has 0 saturated carbocycles. The SMILES string of the molecule is O=C(O)C1C=CCCN1C(=O)c1c(O)cc(Br)cc1F. The second kappa shape index (κ2) is 5.62. The molecule has 1 atom stereocenters. The van der Waals surface area contributed by atoms with E-state index in [1.807, 2.05) is 0 Å². The number of phenols is 1. The third-order valence-corrected chi connectivity index (χ3v) is 3.41. The van der Waals surface area contributed by atoms with Crippen molar-refractivity contribution in [1.29, 1.82) is 0 Å². The van der Waals surface area contributed by atoms with Crippen molar-refractivity contribution >= 4 is 27.8 Å². The standard InChI is InChI=1S/C13H11BrFNO4/c14-7-5-8(15)11(10(17)6-7)12(18)16-4-2-1-3-9(16)13(19)20/h1,3,5-6,9,17H,2,4H2,(H,19,20). The van der Waals surface area contributed by atoms with E-state index in [-0.39, 0.29) is 11.0 Å². The van der Waals surface area contributed by atoms with Gasteiger partial charge >= 0.3 is 5.97 Å². The van der Waals surface area contributed by atoms with Gasteiger partial charge in [-0.25, -0.2) is 9.18 Å². The molecule has 0 bridgehead atoms. The number of halogens is 2. The molecular weight excluding hydrogens is 333 g/mol. The summed E-state index contributed by atoms with van der Waals surface area (Å²) < 4.78 is 14.1. The molecule has 0 fully saturated rings. The topological polar surface area (TPSA) is 77.8 Å². The van der Waals surface area contributed by atoms with Gasteiger partial charge in [-0.3, -0.25) is 4.79 Å². The molecule has 0 radical (unpaired) electrons. The van der Waals surface area contributed by atoms with E-state index in [0.29, 0.717) is 6.42 Å². The van der Waals surface area contributed by atoms with E-state index in [2.05, 4.69) is 15.9 Å². The lowest BCUT2D eigenvalue weighted by Gasteiger charge is -2.29. The lowest BCUT2D eigenvalue weighted by atomic mass is 10.1. The third kappa shape index (κ3) is 2.67. The van der Waals surface area contributed by atoms with Gasteiger partial charge in [-0.15, -0.1) is 0 Å². The zero-order valence-corrected chi connectivity index (χ0v) is 11.8. The second-order valence-electron chi connectivity index (χ2n) is 4.28. The summed E-state index contributed by atoms with van der Waals surface area (Å²) in [5.74, 6) is -3.48. The summed E-state index contributed by atoms with van der Waals surface area (Å²) in [6.07, 6.45) is 3.51. The minimum absolute atomic E-state index is 0.154. The Morgan fingerprint density at radius 2 is 2.10 bits per heavy atom. The number of carbonyl (C=O) groups is 2. The number of aliphatic carboxylic acids is 1. The zero-order chi connectivity index (χ0) is 14.9. The zero-order valence-electron chi connectivity index (χ0n) is 10.2. The van der Waals surface area contributed by atoms with Gasteiger partial charge in [0.25, 0.3) is 5.91 Å². The van der Waals surface area contributed by atoms with Crippen molar-refractivity contribution in [2.75, 3.05) is 6.54 Å². The maximum absolute atomic E-state index is 13.8. The van der Waals surface area contributed by atoms with Gasteiger partial charge in [-0.05, 0) is 18.6 Å². The Bertz CT molecular complexity index is 579.